The predicted octanol–water partition coefficient (Wildman–Crippen LogP) is 3.70. The summed E-state index contributed by atoms with van der Waals surface area (Å²) in [5, 5.41) is 7.14. The van der Waals surface area contributed by atoms with Crippen molar-refractivity contribution in [1.29, 1.82) is 0 Å². The van der Waals surface area contributed by atoms with Gasteiger partial charge in [0.15, 0.2) is 5.11 Å². The van der Waals surface area contributed by atoms with Crippen molar-refractivity contribution in [3.8, 4) is 0 Å². The summed E-state index contributed by atoms with van der Waals surface area (Å²) in [6.45, 7) is 4.04. The van der Waals surface area contributed by atoms with E-state index in [1.54, 1.807) is 0 Å². The molecular weight excluding hydrogens is 510 g/mol. The van der Waals surface area contributed by atoms with E-state index in [-0.39, 0.29) is 30.4 Å². The summed E-state index contributed by atoms with van der Waals surface area (Å²) in [4.78, 5) is 34.1. The normalized spacial score (nSPS) is 22.5. The first kappa shape index (κ1) is 26.1. The van der Waals surface area contributed by atoms with Crippen LogP contribution in [0.1, 0.15) is 50.1 Å². The van der Waals surface area contributed by atoms with Crippen LogP contribution in [0, 0.1) is 0 Å². The fourth-order valence-electron chi connectivity index (χ4n) is 6.33. The first-order valence-corrected chi connectivity index (χ1v) is 14.6. The van der Waals surface area contributed by atoms with Gasteiger partial charge in [0.2, 0.25) is 11.8 Å². The molecule has 0 radical (unpaired) electrons. The van der Waals surface area contributed by atoms with Crippen LogP contribution in [0.4, 0.5) is 11.4 Å². The van der Waals surface area contributed by atoms with Crippen LogP contribution in [0.2, 0.25) is 0 Å². The maximum atomic E-state index is 14.0. The highest BCUT2D eigenvalue weighted by Crippen LogP contribution is 2.43. The van der Waals surface area contributed by atoms with Gasteiger partial charge in [-0.3, -0.25) is 9.59 Å². The summed E-state index contributed by atoms with van der Waals surface area (Å²) in [7, 11) is 0. The standard InChI is InChI=1S/C30H37N5O3S/c36-27(21-34-20-26(32-29(34)39)22-6-2-1-3-7-22)35(25-12-13-25)30(14-4-5-15-30)28(37)31-23-8-10-24(11-9-23)33-16-18-38-19-17-33/h1-3,6-11,25-26H,4-5,12-21H2,(H,31,37)(H,32,39)/t26-/m1/s1. The highest BCUT2D eigenvalue weighted by atomic mass is 32.1. The Morgan fingerprint density at radius 1 is 1.03 bits per heavy atom. The monoisotopic (exact) mass is 547 g/mol. The molecule has 0 unspecified atom stereocenters. The molecule has 39 heavy (non-hydrogen) atoms. The van der Waals surface area contributed by atoms with E-state index >= 15 is 0 Å². The van der Waals surface area contributed by atoms with Crippen LogP contribution in [0.15, 0.2) is 54.6 Å². The lowest BCUT2D eigenvalue weighted by molar-refractivity contribution is -0.146. The molecule has 2 saturated heterocycles. The second-order valence-corrected chi connectivity index (χ2v) is 11.5. The number of ether oxygens (including phenoxy) is 1. The van der Waals surface area contributed by atoms with E-state index in [1.165, 1.54) is 0 Å². The molecule has 2 N–H and O–H groups in total. The van der Waals surface area contributed by atoms with Crippen LogP contribution in [0.3, 0.4) is 0 Å². The zero-order chi connectivity index (χ0) is 26.8. The van der Waals surface area contributed by atoms with Gasteiger partial charge >= 0.3 is 0 Å². The molecule has 2 aromatic carbocycles. The van der Waals surface area contributed by atoms with Crippen molar-refractivity contribution in [2.75, 3.05) is 49.6 Å². The Labute approximate surface area is 235 Å². The molecule has 6 rings (SSSR count). The SMILES string of the molecule is O=C(CN1C[C@H](c2ccccc2)NC1=S)N(C1CC1)C1(C(=O)Nc2ccc(N3CCOCC3)cc2)CCCC1. The number of hydrogen-bond donors (Lipinski definition) is 2. The highest BCUT2D eigenvalue weighted by Gasteiger charge is 2.53. The highest BCUT2D eigenvalue weighted by molar-refractivity contribution is 7.80. The summed E-state index contributed by atoms with van der Waals surface area (Å²) in [6.07, 6.45) is 5.18. The number of amides is 2. The Hall–Kier alpha value is -3.17. The van der Waals surface area contributed by atoms with Crippen molar-refractivity contribution in [2.24, 2.45) is 0 Å². The number of anilines is 2. The number of nitrogens with zero attached hydrogens (tertiary/aromatic N) is 3. The van der Waals surface area contributed by atoms with Crippen LogP contribution < -0.4 is 15.5 Å². The molecule has 9 heteroatoms. The smallest absolute Gasteiger partial charge is 0.250 e. The number of benzene rings is 2. The van der Waals surface area contributed by atoms with E-state index in [0.717, 1.165) is 68.9 Å². The van der Waals surface area contributed by atoms with Gasteiger partial charge in [0.25, 0.3) is 0 Å². The summed E-state index contributed by atoms with van der Waals surface area (Å²) in [5.74, 6) is -0.0706. The van der Waals surface area contributed by atoms with Crippen molar-refractivity contribution in [2.45, 2.75) is 56.1 Å². The maximum absolute atomic E-state index is 14.0. The number of carbonyl (C=O) groups excluding carboxylic acids is 2. The molecule has 0 bridgehead atoms. The maximum Gasteiger partial charge on any atom is 0.250 e. The average Bonchev–Trinajstić information content (AvgIpc) is 3.54. The van der Waals surface area contributed by atoms with Crippen molar-refractivity contribution in [3.05, 3.63) is 60.2 Å². The molecule has 2 aromatic rings. The van der Waals surface area contributed by atoms with Gasteiger partial charge in [0, 0.05) is 37.1 Å². The molecule has 4 aliphatic rings. The van der Waals surface area contributed by atoms with E-state index in [1.807, 2.05) is 40.1 Å². The Morgan fingerprint density at radius 3 is 2.38 bits per heavy atom. The molecule has 206 valence electrons. The number of hydrogen-bond acceptors (Lipinski definition) is 5. The van der Waals surface area contributed by atoms with Crippen LogP contribution in [0.5, 0.6) is 0 Å². The third-order valence-corrected chi connectivity index (χ3v) is 8.89. The minimum Gasteiger partial charge on any atom is -0.378 e. The molecule has 0 spiro atoms. The lowest BCUT2D eigenvalue weighted by Crippen LogP contribution is -2.60. The van der Waals surface area contributed by atoms with E-state index in [4.69, 9.17) is 17.0 Å². The van der Waals surface area contributed by atoms with Crippen molar-refractivity contribution < 1.29 is 14.3 Å². The number of thiocarbonyl (C=S) groups is 1. The van der Waals surface area contributed by atoms with E-state index in [2.05, 4.69) is 39.8 Å². The van der Waals surface area contributed by atoms with Crippen molar-refractivity contribution in [3.63, 3.8) is 0 Å². The molecule has 4 fully saturated rings. The van der Waals surface area contributed by atoms with E-state index in [9.17, 15) is 9.59 Å². The second-order valence-electron chi connectivity index (χ2n) is 11.1. The largest absolute Gasteiger partial charge is 0.378 e. The van der Waals surface area contributed by atoms with Crippen LogP contribution in [-0.2, 0) is 14.3 Å². The van der Waals surface area contributed by atoms with Crippen LogP contribution in [-0.4, -0.2) is 77.7 Å². The lowest BCUT2D eigenvalue weighted by atomic mass is 9.92. The van der Waals surface area contributed by atoms with Crippen molar-refractivity contribution in [1.82, 2.24) is 15.1 Å². The Bertz CT molecular complexity index is 1190. The molecule has 2 heterocycles. The molecule has 2 aliphatic heterocycles. The summed E-state index contributed by atoms with van der Waals surface area (Å²) >= 11 is 5.62. The Morgan fingerprint density at radius 2 is 1.72 bits per heavy atom. The number of morpholine rings is 1. The van der Waals surface area contributed by atoms with Gasteiger partial charge in [0.05, 0.1) is 25.8 Å². The van der Waals surface area contributed by atoms with Gasteiger partial charge < -0.3 is 30.1 Å². The third kappa shape index (κ3) is 5.47. The molecule has 2 aliphatic carbocycles. The topological polar surface area (TPSA) is 77.2 Å². The quantitative estimate of drug-likeness (QED) is 0.488. The predicted molar refractivity (Wildman–Crippen MR) is 156 cm³/mol. The first-order valence-electron chi connectivity index (χ1n) is 14.2. The van der Waals surface area contributed by atoms with Gasteiger partial charge in [-0.05, 0) is 67.7 Å². The zero-order valence-electron chi connectivity index (χ0n) is 22.3. The van der Waals surface area contributed by atoms with Gasteiger partial charge in [-0.15, -0.1) is 0 Å². The molecule has 2 amide bonds. The van der Waals surface area contributed by atoms with Crippen LogP contribution in [0.25, 0.3) is 0 Å². The fraction of sp³-hybridized carbons (Fsp3) is 0.500. The van der Waals surface area contributed by atoms with Crippen molar-refractivity contribution >= 4 is 40.5 Å². The molecule has 0 aromatic heterocycles. The summed E-state index contributed by atoms with van der Waals surface area (Å²) < 4.78 is 5.46. The molecule has 8 nitrogen and oxygen atoms in total. The second kappa shape index (κ2) is 11.1. The number of carbonyl (C=O) groups is 2. The zero-order valence-corrected chi connectivity index (χ0v) is 23.1. The Kier molecular flexibility index (Phi) is 7.44. The van der Waals surface area contributed by atoms with E-state index < -0.39 is 5.54 Å². The fourth-order valence-corrected chi connectivity index (χ4v) is 6.61. The summed E-state index contributed by atoms with van der Waals surface area (Å²) in [5.41, 5.74) is 2.24. The molecular formula is C30H37N5O3S. The van der Waals surface area contributed by atoms with Gasteiger partial charge in [-0.1, -0.05) is 43.2 Å². The number of nitrogens with one attached hydrogen (secondary N) is 2. The van der Waals surface area contributed by atoms with Gasteiger partial charge in [0.1, 0.15) is 5.54 Å². The average molecular weight is 548 g/mol. The van der Waals surface area contributed by atoms with E-state index in [0.29, 0.717) is 24.5 Å². The summed E-state index contributed by atoms with van der Waals surface area (Å²) in [6, 6.07) is 18.4. The third-order valence-electron chi connectivity index (χ3n) is 8.51. The minimum absolute atomic E-state index is 0.00456. The van der Waals surface area contributed by atoms with Crippen LogP contribution >= 0.6 is 12.2 Å². The Balaban J connectivity index is 1.16. The van der Waals surface area contributed by atoms with Gasteiger partial charge in [-0.2, -0.15) is 0 Å². The minimum atomic E-state index is -0.811. The number of rotatable bonds is 8. The lowest BCUT2D eigenvalue weighted by Gasteiger charge is -2.41. The van der Waals surface area contributed by atoms with Gasteiger partial charge in [-0.25, -0.2) is 0 Å². The molecule has 2 saturated carbocycles. The first-order chi connectivity index (χ1) is 19.0. The molecule has 1 atom stereocenters.